The molecule has 1 atom stereocenters. The average Bonchev–Trinajstić information content (AvgIpc) is 3.00. The molecule has 116 valence electrons. The molecule has 21 heavy (non-hydrogen) atoms. The van der Waals surface area contributed by atoms with Crippen LogP contribution in [-0.2, 0) is 11.3 Å². The highest BCUT2D eigenvalue weighted by atomic mass is 16.5. The minimum absolute atomic E-state index is 0.212. The fraction of sp³-hybridized carbons (Fsp3) is 0.562. The van der Waals surface area contributed by atoms with Gasteiger partial charge < -0.3 is 20.3 Å². The van der Waals surface area contributed by atoms with Crippen molar-refractivity contribution in [1.29, 1.82) is 0 Å². The van der Waals surface area contributed by atoms with Crippen LogP contribution in [0.15, 0.2) is 24.3 Å². The number of carboxylic acids is 1. The molecule has 1 aliphatic carbocycles. The van der Waals surface area contributed by atoms with Gasteiger partial charge in [0.05, 0.1) is 0 Å². The first-order valence-electron chi connectivity index (χ1n) is 7.38. The Morgan fingerprint density at radius 1 is 1.43 bits per heavy atom. The Balaban J connectivity index is 2.04. The fourth-order valence-electron chi connectivity index (χ4n) is 2.90. The van der Waals surface area contributed by atoms with Crippen LogP contribution in [0.3, 0.4) is 0 Å². The molecule has 3 N–H and O–H groups in total. The molecule has 0 heterocycles. The van der Waals surface area contributed by atoms with Crippen LogP contribution < -0.4 is 10.1 Å². The normalized spacial score (nSPS) is 18.4. The Morgan fingerprint density at radius 2 is 2.14 bits per heavy atom. The number of hydrogen-bond acceptors (Lipinski definition) is 4. The molecule has 0 aromatic heterocycles. The lowest BCUT2D eigenvalue weighted by atomic mass is 9.87. The monoisotopic (exact) mass is 293 g/mol. The Bertz CT molecular complexity index is 485. The Hall–Kier alpha value is -1.59. The molecule has 1 fully saturated rings. The minimum atomic E-state index is -1.80. The van der Waals surface area contributed by atoms with Gasteiger partial charge in [-0.3, -0.25) is 0 Å². The minimum Gasteiger partial charge on any atom is -0.490 e. The summed E-state index contributed by atoms with van der Waals surface area (Å²) >= 11 is 0. The molecule has 1 aliphatic rings. The van der Waals surface area contributed by atoms with Crippen LogP contribution in [0, 0.1) is 5.92 Å². The summed E-state index contributed by atoms with van der Waals surface area (Å²) in [5, 5.41) is 22.9. The molecular formula is C16H23NO4. The zero-order valence-electron chi connectivity index (χ0n) is 12.3. The van der Waals surface area contributed by atoms with Crippen molar-refractivity contribution in [2.75, 3.05) is 13.7 Å². The van der Waals surface area contributed by atoms with Gasteiger partial charge in [-0.1, -0.05) is 25.0 Å². The number of hydrogen-bond donors (Lipinski definition) is 3. The van der Waals surface area contributed by atoms with Crippen molar-refractivity contribution in [3.8, 4) is 5.75 Å². The number of benzene rings is 1. The first-order chi connectivity index (χ1) is 10.1. The van der Waals surface area contributed by atoms with E-state index in [1.165, 1.54) is 0 Å². The summed E-state index contributed by atoms with van der Waals surface area (Å²) in [5.41, 5.74) is -0.745. The third kappa shape index (κ3) is 3.74. The first-order valence-corrected chi connectivity index (χ1v) is 7.38. The molecule has 0 saturated heterocycles. The van der Waals surface area contributed by atoms with E-state index in [2.05, 4.69) is 5.32 Å². The number of aliphatic hydroxyl groups is 1. The molecule has 1 saturated carbocycles. The number of carbonyl (C=O) groups is 1. The fourth-order valence-corrected chi connectivity index (χ4v) is 2.90. The van der Waals surface area contributed by atoms with E-state index in [0.29, 0.717) is 12.3 Å². The molecule has 0 spiro atoms. The van der Waals surface area contributed by atoms with Gasteiger partial charge in [0.1, 0.15) is 12.4 Å². The number of ether oxygens (including phenoxy) is 1. The molecule has 1 aromatic carbocycles. The molecule has 5 heteroatoms. The number of aliphatic carboxylic acids is 1. The second kappa shape index (κ2) is 6.91. The van der Waals surface area contributed by atoms with Crippen molar-refractivity contribution in [3.63, 3.8) is 0 Å². The maximum Gasteiger partial charge on any atom is 0.339 e. The summed E-state index contributed by atoms with van der Waals surface area (Å²) in [6.45, 7) is 0.499. The Morgan fingerprint density at radius 3 is 2.76 bits per heavy atom. The van der Waals surface area contributed by atoms with E-state index >= 15 is 0 Å². The van der Waals surface area contributed by atoms with E-state index in [1.807, 2.05) is 25.2 Å². The van der Waals surface area contributed by atoms with Crippen LogP contribution in [0.2, 0.25) is 0 Å². The van der Waals surface area contributed by atoms with Crippen molar-refractivity contribution in [2.24, 2.45) is 5.92 Å². The summed E-state index contributed by atoms with van der Waals surface area (Å²) < 4.78 is 5.57. The Kier molecular flexibility index (Phi) is 5.20. The van der Waals surface area contributed by atoms with Gasteiger partial charge in [0, 0.05) is 12.5 Å². The first kappa shape index (κ1) is 15.8. The maximum atomic E-state index is 11.5. The third-order valence-electron chi connectivity index (χ3n) is 4.14. The predicted molar refractivity (Wildman–Crippen MR) is 79.2 cm³/mol. The topological polar surface area (TPSA) is 78.8 Å². The number of nitrogens with one attached hydrogen (secondary N) is 1. The van der Waals surface area contributed by atoms with E-state index in [-0.39, 0.29) is 12.5 Å². The van der Waals surface area contributed by atoms with E-state index in [9.17, 15) is 15.0 Å². The van der Waals surface area contributed by atoms with Crippen LogP contribution in [0.1, 0.15) is 31.2 Å². The summed E-state index contributed by atoms with van der Waals surface area (Å²) in [7, 11) is 1.86. The zero-order chi connectivity index (χ0) is 15.3. The van der Waals surface area contributed by atoms with Gasteiger partial charge in [-0.2, -0.15) is 0 Å². The van der Waals surface area contributed by atoms with Gasteiger partial charge in [-0.15, -0.1) is 0 Å². The largest absolute Gasteiger partial charge is 0.490 e. The zero-order valence-corrected chi connectivity index (χ0v) is 12.3. The van der Waals surface area contributed by atoms with Crippen LogP contribution in [0.25, 0.3) is 0 Å². The standard InChI is InChI=1S/C16H23NO4/c1-17-10-12-5-4-8-14(9-12)21-11-16(20,15(18)19)13-6-2-3-7-13/h4-5,8-9,13,17,20H,2-3,6-7,10-11H2,1H3,(H,18,19). The summed E-state index contributed by atoms with van der Waals surface area (Å²) in [4.78, 5) is 11.5. The van der Waals surface area contributed by atoms with Gasteiger partial charge in [-0.25, -0.2) is 4.79 Å². The third-order valence-corrected chi connectivity index (χ3v) is 4.14. The van der Waals surface area contributed by atoms with Gasteiger partial charge in [0.25, 0.3) is 0 Å². The lowest BCUT2D eigenvalue weighted by Crippen LogP contribution is -2.50. The highest BCUT2D eigenvalue weighted by molar-refractivity contribution is 5.77. The predicted octanol–water partition coefficient (Wildman–Crippen LogP) is 1.79. The van der Waals surface area contributed by atoms with Gasteiger partial charge in [0.15, 0.2) is 5.60 Å². The van der Waals surface area contributed by atoms with Gasteiger partial charge >= 0.3 is 5.97 Å². The van der Waals surface area contributed by atoms with Crippen molar-refractivity contribution < 1.29 is 19.7 Å². The molecule has 0 amide bonds. The van der Waals surface area contributed by atoms with E-state index in [4.69, 9.17) is 4.74 Å². The van der Waals surface area contributed by atoms with E-state index < -0.39 is 11.6 Å². The van der Waals surface area contributed by atoms with Crippen LogP contribution in [0.4, 0.5) is 0 Å². The highest BCUT2D eigenvalue weighted by Gasteiger charge is 2.46. The molecule has 0 bridgehead atoms. The SMILES string of the molecule is CNCc1cccc(OCC(O)(C(=O)O)C2CCCC2)c1. The van der Waals surface area contributed by atoms with Crippen molar-refractivity contribution >= 4 is 5.97 Å². The smallest absolute Gasteiger partial charge is 0.339 e. The molecule has 1 aromatic rings. The van der Waals surface area contributed by atoms with Gasteiger partial charge in [-0.05, 0) is 37.6 Å². The van der Waals surface area contributed by atoms with Crippen LogP contribution >= 0.6 is 0 Å². The number of rotatable bonds is 7. The molecule has 1 unspecified atom stereocenters. The summed E-state index contributed by atoms with van der Waals surface area (Å²) in [5.74, 6) is -0.836. The number of carboxylic acid groups (broad SMARTS) is 1. The van der Waals surface area contributed by atoms with Gasteiger partial charge in [0.2, 0.25) is 0 Å². The molecule has 0 radical (unpaired) electrons. The quantitative estimate of drug-likeness (QED) is 0.714. The van der Waals surface area contributed by atoms with E-state index in [0.717, 1.165) is 31.2 Å². The average molecular weight is 293 g/mol. The lowest BCUT2D eigenvalue weighted by Gasteiger charge is -2.29. The van der Waals surface area contributed by atoms with Crippen molar-refractivity contribution in [1.82, 2.24) is 5.32 Å². The lowest BCUT2D eigenvalue weighted by molar-refractivity contribution is -0.169. The molecule has 5 nitrogen and oxygen atoms in total. The summed E-state index contributed by atoms with van der Waals surface area (Å²) in [6, 6.07) is 7.45. The van der Waals surface area contributed by atoms with Crippen LogP contribution in [0.5, 0.6) is 5.75 Å². The van der Waals surface area contributed by atoms with Crippen molar-refractivity contribution in [3.05, 3.63) is 29.8 Å². The summed E-state index contributed by atoms with van der Waals surface area (Å²) in [6.07, 6.45) is 3.42. The molecule has 2 rings (SSSR count). The highest BCUT2D eigenvalue weighted by Crippen LogP contribution is 2.35. The Labute approximate surface area is 124 Å². The molecular weight excluding hydrogens is 270 g/mol. The molecule has 0 aliphatic heterocycles. The maximum absolute atomic E-state index is 11.5. The van der Waals surface area contributed by atoms with Crippen LogP contribution in [-0.4, -0.2) is 35.4 Å². The van der Waals surface area contributed by atoms with E-state index in [1.54, 1.807) is 6.07 Å². The second-order valence-corrected chi connectivity index (χ2v) is 5.68. The second-order valence-electron chi connectivity index (χ2n) is 5.68. The van der Waals surface area contributed by atoms with Crippen molar-refractivity contribution in [2.45, 2.75) is 37.8 Å².